The molecule has 0 radical (unpaired) electrons. The van der Waals surface area contributed by atoms with Crippen LogP contribution in [-0.4, -0.2) is 36.5 Å². The molecule has 0 aromatic heterocycles. The molecule has 13 heavy (non-hydrogen) atoms. The predicted octanol–water partition coefficient (Wildman–Crippen LogP) is 1.46. The normalized spacial score (nSPS) is 23.8. The molecule has 3 heteroatoms. The van der Waals surface area contributed by atoms with Gasteiger partial charge in [0, 0.05) is 25.7 Å². The van der Waals surface area contributed by atoms with Crippen molar-refractivity contribution < 1.29 is 0 Å². The zero-order valence-electron chi connectivity index (χ0n) is 9.01. The van der Waals surface area contributed by atoms with E-state index in [0.717, 1.165) is 25.6 Å². The van der Waals surface area contributed by atoms with Crippen LogP contribution in [0.2, 0.25) is 0 Å². The van der Waals surface area contributed by atoms with Gasteiger partial charge in [-0.2, -0.15) is 0 Å². The first-order valence-electron chi connectivity index (χ1n) is 5.34. The molecule has 0 aliphatic carbocycles. The summed E-state index contributed by atoms with van der Waals surface area (Å²) in [6.45, 7) is 9.46. The molecule has 1 fully saturated rings. The summed E-state index contributed by atoms with van der Waals surface area (Å²) in [4.78, 5) is 6.86. The van der Waals surface area contributed by atoms with Crippen LogP contribution in [0.4, 0.5) is 0 Å². The fourth-order valence-electron chi connectivity index (χ4n) is 1.80. The lowest BCUT2D eigenvalue weighted by Gasteiger charge is -2.25. The van der Waals surface area contributed by atoms with E-state index in [1.54, 1.807) is 0 Å². The summed E-state index contributed by atoms with van der Waals surface area (Å²) in [6.07, 6.45) is 2.60. The van der Waals surface area contributed by atoms with Crippen LogP contribution in [0.25, 0.3) is 0 Å². The number of nitrogens with one attached hydrogen (secondary N) is 1. The first kappa shape index (κ1) is 10.4. The highest BCUT2D eigenvalue weighted by molar-refractivity contribution is 5.80. The molecule has 1 saturated heterocycles. The Morgan fingerprint density at radius 3 is 2.77 bits per heavy atom. The predicted molar refractivity (Wildman–Crippen MR) is 57.1 cm³/mol. The summed E-state index contributed by atoms with van der Waals surface area (Å²) in [7, 11) is 0. The molecule has 0 saturated carbocycles. The number of hydrogen-bond donors (Lipinski definition) is 1. The minimum atomic E-state index is 0.657. The second-order valence-corrected chi connectivity index (χ2v) is 3.51. The van der Waals surface area contributed by atoms with Crippen molar-refractivity contribution in [1.82, 2.24) is 10.2 Å². The highest BCUT2D eigenvalue weighted by Gasteiger charge is 2.22. The van der Waals surface area contributed by atoms with Gasteiger partial charge in [-0.25, -0.2) is 0 Å². The van der Waals surface area contributed by atoms with E-state index in [2.05, 4.69) is 36.0 Å². The van der Waals surface area contributed by atoms with Crippen molar-refractivity contribution in [3.05, 3.63) is 0 Å². The van der Waals surface area contributed by atoms with E-state index in [-0.39, 0.29) is 0 Å². The summed E-state index contributed by atoms with van der Waals surface area (Å²) in [5.74, 6) is 1.09. The molecule has 1 N–H and O–H groups in total. The second-order valence-electron chi connectivity index (χ2n) is 3.51. The van der Waals surface area contributed by atoms with Crippen LogP contribution in [0.5, 0.6) is 0 Å². The van der Waals surface area contributed by atoms with Crippen LogP contribution in [0, 0.1) is 0 Å². The topological polar surface area (TPSA) is 27.6 Å². The Kier molecular flexibility index (Phi) is 4.06. The highest BCUT2D eigenvalue weighted by Crippen LogP contribution is 2.16. The van der Waals surface area contributed by atoms with Crippen LogP contribution in [0.3, 0.4) is 0 Å². The molecule has 0 aromatic carbocycles. The highest BCUT2D eigenvalue weighted by atomic mass is 15.3. The number of nitrogens with zero attached hydrogens (tertiary/aromatic N) is 2. The Hall–Kier alpha value is -0.730. The van der Waals surface area contributed by atoms with Crippen molar-refractivity contribution in [2.75, 3.05) is 19.6 Å². The van der Waals surface area contributed by atoms with E-state index < -0.39 is 0 Å². The van der Waals surface area contributed by atoms with Gasteiger partial charge in [-0.15, -0.1) is 0 Å². The Bertz CT molecular complexity index is 177. The smallest absolute Gasteiger partial charge is 0.194 e. The van der Waals surface area contributed by atoms with Crippen molar-refractivity contribution in [3.8, 4) is 0 Å². The van der Waals surface area contributed by atoms with Crippen LogP contribution in [-0.2, 0) is 0 Å². The molecule has 1 heterocycles. The SMILES string of the molecule is CCN=C(NCC)N1CCCC1C. The summed E-state index contributed by atoms with van der Waals surface area (Å²) < 4.78 is 0. The molecule has 0 aromatic rings. The van der Waals surface area contributed by atoms with E-state index in [0.29, 0.717) is 6.04 Å². The third kappa shape index (κ3) is 2.61. The first-order chi connectivity index (χ1) is 6.29. The first-order valence-corrected chi connectivity index (χ1v) is 5.34. The average molecular weight is 183 g/mol. The molecule has 0 bridgehead atoms. The van der Waals surface area contributed by atoms with E-state index in [9.17, 15) is 0 Å². The fraction of sp³-hybridized carbons (Fsp3) is 0.900. The minimum absolute atomic E-state index is 0.657. The van der Waals surface area contributed by atoms with E-state index in [1.807, 2.05) is 0 Å². The van der Waals surface area contributed by atoms with Crippen LogP contribution in [0.1, 0.15) is 33.6 Å². The van der Waals surface area contributed by atoms with E-state index >= 15 is 0 Å². The standard InChI is InChI=1S/C10H21N3/c1-4-11-10(12-5-2)13-8-6-7-9(13)3/h9H,4-8H2,1-3H3,(H,11,12). The Morgan fingerprint density at radius 2 is 2.31 bits per heavy atom. The summed E-state index contributed by atoms with van der Waals surface area (Å²) in [5, 5.41) is 3.33. The quantitative estimate of drug-likeness (QED) is 0.518. The number of guanidine groups is 1. The number of likely N-dealkylation sites (tertiary alicyclic amines) is 1. The van der Waals surface area contributed by atoms with Crippen molar-refractivity contribution >= 4 is 5.96 Å². The molecular formula is C10H21N3. The maximum atomic E-state index is 4.48. The molecular weight excluding hydrogens is 162 g/mol. The van der Waals surface area contributed by atoms with Crippen LogP contribution < -0.4 is 5.32 Å². The molecule has 1 aliphatic rings. The van der Waals surface area contributed by atoms with Crippen molar-refractivity contribution in [1.29, 1.82) is 0 Å². The van der Waals surface area contributed by atoms with Gasteiger partial charge in [-0.1, -0.05) is 0 Å². The van der Waals surface area contributed by atoms with Crippen molar-refractivity contribution in [2.45, 2.75) is 39.7 Å². The largest absolute Gasteiger partial charge is 0.357 e. The summed E-state index contributed by atoms with van der Waals surface area (Å²) in [5.41, 5.74) is 0. The molecule has 76 valence electrons. The van der Waals surface area contributed by atoms with Crippen molar-refractivity contribution in [2.24, 2.45) is 4.99 Å². The monoisotopic (exact) mass is 183 g/mol. The van der Waals surface area contributed by atoms with Gasteiger partial charge in [-0.05, 0) is 33.6 Å². The molecule has 3 nitrogen and oxygen atoms in total. The van der Waals surface area contributed by atoms with Gasteiger partial charge in [-0.3, -0.25) is 4.99 Å². The lowest BCUT2D eigenvalue weighted by atomic mass is 10.2. The molecule has 1 rings (SSSR count). The van der Waals surface area contributed by atoms with E-state index in [4.69, 9.17) is 0 Å². The maximum Gasteiger partial charge on any atom is 0.194 e. The summed E-state index contributed by atoms with van der Waals surface area (Å²) >= 11 is 0. The van der Waals surface area contributed by atoms with Crippen molar-refractivity contribution in [3.63, 3.8) is 0 Å². The van der Waals surface area contributed by atoms with Gasteiger partial charge >= 0.3 is 0 Å². The van der Waals surface area contributed by atoms with E-state index in [1.165, 1.54) is 12.8 Å². The average Bonchev–Trinajstić information content (AvgIpc) is 2.51. The zero-order chi connectivity index (χ0) is 9.68. The number of rotatable bonds is 2. The molecule has 1 unspecified atom stereocenters. The maximum absolute atomic E-state index is 4.48. The molecule has 0 spiro atoms. The van der Waals surface area contributed by atoms with Gasteiger partial charge in [0.2, 0.25) is 0 Å². The van der Waals surface area contributed by atoms with Gasteiger partial charge in [0.25, 0.3) is 0 Å². The Morgan fingerprint density at radius 1 is 1.54 bits per heavy atom. The van der Waals surface area contributed by atoms with Gasteiger partial charge in [0.1, 0.15) is 0 Å². The third-order valence-electron chi connectivity index (χ3n) is 2.47. The zero-order valence-corrected chi connectivity index (χ0v) is 9.01. The molecule has 0 amide bonds. The summed E-state index contributed by atoms with van der Waals surface area (Å²) in [6, 6.07) is 0.657. The van der Waals surface area contributed by atoms with Gasteiger partial charge in [0.15, 0.2) is 5.96 Å². The third-order valence-corrected chi connectivity index (χ3v) is 2.47. The Balaban J connectivity index is 2.58. The lowest BCUT2D eigenvalue weighted by Crippen LogP contribution is -2.43. The van der Waals surface area contributed by atoms with Crippen LogP contribution >= 0.6 is 0 Å². The molecule has 1 atom stereocenters. The van der Waals surface area contributed by atoms with Crippen LogP contribution in [0.15, 0.2) is 4.99 Å². The van der Waals surface area contributed by atoms with Gasteiger partial charge in [0.05, 0.1) is 0 Å². The lowest BCUT2D eigenvalue weighted by molar-refractivity contribution is 0.399. The van der Waals surface area contributed by atoms with Gasteiger partial charge < -0.3 is 10.2 Å². The minimum Gasteiger partial charge on any atom is -0.357 e. The number of hydrogen-bond acceptors (Lipinski definition) is 1. The molecule has 1 aliphatic heterocycles. The number of aliphatic imine (C=N–C) groups is 1. The fourth-order valence-corrected chi connectivity index (χ4v) is 1.80. The second kappa shape index (κ2) is 5.10. The Labute approximate surface area is 81.2 Å².